The van der Waals surface area contributed by atoms with Gasteiger partial charge in [-0.05, 0) is 69.0 Å². The summed E-state index contributed by atoms with van der Waals surface area (Å²) in [6, 6.07) is 16.3. The van der Waals surface area contributed by atoms with Crippen molar-refractivity contribution in [3.63, 3.8) is 0 Å². The largest absolute Gasteiger partial charge is 0.325 e. The van der Waals surface area contributed by atoms with E-state index in [0.29, 0.717) is 29.9 Å². The van der Waals surface area contributed by atoms with Crippen LogP contribution in [0.3, 0.4) is 0 Å². The first-order chi connectivity index (χ1) is 16.4. The van der Waals surface area contributed by atoms with E-state index in [4.69, 9.17) is 4.98 Å². The van der Waals surface area contributed by atoms with Crippen LogP contribution in [0.25, 0.3) is 5.69 Å². The van der Waals surface area contributed by atoms with Crippen LogP contribution in [-0.2, 0) is 14.8 Å². The normalized spacial score (nSPS) is 17.6. The maximum Gasteiger partial charge on any atom is 0.243 e. The van der Waals surface area contributed by atoms with E-state index < -0.39 is 15.3 Å². The van der Waals surface area contributed by atoms with Crippen molar-refractivity contribution in [2.75, 3.05) is 18.4 Å². The Labute approximate surface area is 203 Å². The van der Waals surface area contributed by atoms with E-state index in [-0.39, 0.29) is 10.8 Å². The molecule has 1 amide bonds. The van der Waals surface area contributed by atoms with Crippen molar-refractivity contribution < 1.29 is 13.2 Å². The second-order valence-corrected chi connectivity index (χ2v) is 11.9. The highest BCUT2D eigenvalue weighted by molar-refractivity contribution is 8.00. The average molecular weight is 498 g/mol. The predicted octanol–water partition coefficient (Wildman–Crippen LogP) is 4.05. The third-order valence-corrected chi connectivity index (χ3v) is 8.90. The molecule has 1 atom stereocenters. The van der Waals surface area contributed by atoms with E-state index in [0.717, 1.165) is 37.2 Å². The highest BCUT2D eigenvalue weighted by Gasteiger charge is 2.31. The minimum absolute atomic E-state index is 0.191. The highest BCUT2D eigenvalue weighted by Crippen LogP contribution is 2.40. The fourth-order valence-corrected chi connectivity index (χ4v) is 6.24. The number of benzene rings is 2. The van der Waals surface area contributed by atoms with Crippen LogP contribution in [0.4, 0.5) is 5.69 Å². The molecule has 0 radical (unpaired) electrons. The third kappa shape index (κ3) is 4.89. The van der Waals surface area contributed by atoms with Gasteiger partial charge in [0, 0.05) is 24.7 Å². The Balaban J connectivity index is 1.25. The molecule has 8 nitrogen and oxygen atoms in total. The van der Waals surface area contributed by atoms with Gasteiger partial charge in [0.25, 0.3) is 0 Å². The van der Waals surface area contributed by atoms with Crippen molar-refractivity contribution in [2.24, 2.45) is 0 Å². The quantitative estimate of drug-likeness (QED) is 0.472. The summed E-state index contributed by atoms with van der Waals surface area (Å²) >= 11 is 1.31. The minimum Gasteiger partial charge on any atom is -0.325 e. The minimum atomic E-state index is -3.47. The molecule has 0 unspecified atom stereocenters. The Hall–Kier alpha value is -2.69. The number of sulfonamides is 1. The Morgan fingerprint density at radius 1 is 1.06 bits per heavy atom. The maximum absolute atomic E-state index is 12.8. The first kappa shape index (κ1) is 23.1. The van der Waals surface area contributed by atoms with Crippen molar-refractivity contribution in [3.05, 3.63) is 60.4 Å². The summed E-state index contributed by atoms with van der Waals surface area (Å²) in [6.07, 6.45) is 4.00. The number of thioether (sulfide) groups is 1. The second-order valence-electron chi connectivity index (χ2n) is 8.66. The van der Waals surface area contributed by atoms with Crippen molar-refractivity contribution in [3.8, 4) is 5.69 Å². The van der Waals surface area contributed by atoms with Crippen LogP contribution in [0.5, 0.6) is 0 Å². The van der Waals surface area contributed by atoms with Crippen molar-refractivity contribution >= 4 is 33.4 Å². The van der Waals surface area contributed by atoms with Crippen LogP contribution in [0, 0.1) is 0 Å². The Bertz CT molecular complexity index is 1270. The molecular weight excluding hydrogens is 470 g/mol. The second kappa shape index (κ2) is 9.52. The van der Waals surface area contributed by atoms with Gasteiger partial charge in [0.15, 0.2) is 0 Å². The number of rotatable bonds is 8. The number of hydrogen-bond donors (Lipinski definition) is 1. The van der Waals surface area contributed by atoms with E-state index >= 15 is 0 Å². The molecule has 2 aromatic carbocycles. The Morgan fingerprint density at radius 3 is 2.38 bits per heavy atom. The fraction of sp³-hybridized carbons (Fsp3) is 0.375. The van der Waals surface area contributed by atoms with E-state index in [9.17, 15) is 13.2 Å². The van der Waals surface area contributed by atoms with Crippen LogP contribution >= 0.6 is 11.8 Å². The lowest BCUT2D eigenvalue weighted by Crippen LogP contribution is -2.27. The molecule has 34 heavy (non-hydrogen) atoms. The first-order valence-corrected chi connectivity index (χ1v) is 13.8. The summed E-state index contributed by atoms with van der Waals surface area (Å²) in [7, 11) is -3.47. The molecular formula is C24H27N5O3S2. The maximum atomic E-state index is 12.8. The summed E-state index contributed by atoms with van der Waals surface area (Å²) in [5.41, 5.74) is 1.52. The summed E-state index contributed by atoms with van der Waals surface area (Å²) < 4.78 is 28.8. The molecule has 1 N–H and O–H groups in total. The standard InChI is InChI=1S/C24H27N5O3S2/c1-17(33-24-26-22(18-9-10-18)29(27-24)20-7-3-2-4-8-20)23(30)25-19-11-13-21(14-12-19)34(31,32)28-15-5-6-16-28/h2-4,7-8,11-14,17-18H,5-6,9-10,15-16H2,1H3,(H,25,30)/t17-/m0/s1. The van der Waals surface area contributed by atoms with Crippen LogP contribution in [0.15, 0.2) is 64.6 Å². The Morgan fingerprint density at radius 2 is 1.74 bits per heavy atom. The van der Waals surface area contributed by atoms with Crippen LogP contribution in [0.1, 0.15) is 44.3 Å². The molecule has 10 heteroatoms. The summed E-state index contributed by atoms with van der Waals surface area (Å²) in [5, 5.41) is 7.68. The first-order valence-electron chi connectivity index (χ1n) is 11.5. The third-order valence-electron chi connectivity index (χ3n) is 6.03. The molecule has 1 saturated heterocycles. The van der Waals surface area contributed by atoms with Gasteiger partial charge in [0.1, 0.15) is 5.82 Å². The number of carbonyl (C=O) groups excluding carboxylic acids is 1. The van der Waals surface area contributed by atoms with Crippen molar-refractivity contribution in [1.82, 2.24) is 19.1 Å². The van der Waals surface area contributed by atoms with E-state index in [1.54, 1.807) is 24.3 Å². The van der Waals surface area contributed by atoms with Gasteiger partial charge in [-0.1, -0.05) is 30.0 Å². The smallest absolute Gasteiger partial charge is 0.243 e. The number of amides is 1. The van der Waals surface area contributed by atoms with Gasteiger partial charge in [0.2, 0.25) is 21.1 Å². The molecule has 2 aliphatic rings. The Kier molecular flexibility index (Phi) is 6.46. The molecule has 2 fully saturated rings. The monoisotopic (exact) mass is 497 g/mol. The van der Waals surface area contributed by atoms with E-state index in [1.807, 2.05) is 41.9 Å². The number of aromatic nitrogens is 3. The van der Waals surface area contributed by atoms with Crippen LogP contribution in [0.2, 0.25) is 0 Å². The molecule has 3 aromatic rings. The molecule has 178 valence electrons. The molecule has 1 aliphatic carbocycles. The van der Waals surface area contributed by atoms with Crippen LogP contribution < -0.4 is 5.32 Å². The zero-order valence-electron chi connectivity index (χ0n) is 18.9. The van der Waals surface area contributed by atoms with Gasteiger partial charge in [-0.3, -0.25) is 4.79 Å². The molecule has 0 spiro atoms. The van der Waals surface area contributed by atoms with Crippen molar-refractivity contribution in [1.29, 1.82) is 0 Å². The van der Waals surface area contributed by atoms with E-state index in [1.165, 1.54) is 16.1 Å². The number of hydrogen-bond acceptors (Lipinski definition) is 6. The van der Waals surface area contributed by atoms with Gasteiger partial charge >= 0.3 is 0 Å². The van der Waals surface area contributed by atoms with Crippen molar-refractivity contribution in [2.45, 2.75) is 53.8 Å². The predicted molar refractivity (Wildman–Crippen MR) is 132 cm³/mol. The molecule has 0 bridgehead atoms. The number of para-hydroxylation sites is 1. The molecule has 5 rings (SSSR count). The van der Waals surface area contributed by atoms with Gasteiger partial charge < -0.3 is 5.32 Å². The zero-order valence-corrected chi connectivity index (χ0v) is 20.6. The van der Waals surface area contributed by atoms with Gasteiger partial charge in [0.05, 0.1) is 15.8 Å². The van der Waals surface area contributed by atoms with Gasteiger partial charge in [-0.2, -0.15) is 4.31 Å². The highest BCUT2D eigenvalue weighted by atomic mass is 32.2. The number of nitrogens with zero attached hydrogens (tertiary/aromatic N) is 4. The SMILES string of the molecule is C[C@H](Sc1nc(C2CC2)n(-c2ccccc2)n1)C(=O)Nc1ccc(S(=O)(=O)N2CCCC2)cc1. The van der Waals surface area contributed by atoms with Gasteiger partial charge in [-0.15, -0.1) is 5.10 Å². The van der Waals surface area contributed by atoms with E-state index in [2.05, 4.69) is 10.4 Å². The lowest BCUT2D eigenvalue weighted by molar-refractivity contribution is -0.115. The van der Waals surface area contributed by atoms with Gasteiger partial charge in [-0.25, -0.2) is 18.1 Å². The number of anilines is 1. The summed E-state index contributed by atoms with van der Waals surface area (Å²) in [4.78, 5) is 17.8. The van der Waals surface area contributed by atoms with Crippen LogP contribution in [-0.4, -0.2) is 51.7 Å². The molecule has 2 heterocycles. The summed E-state index contributed by atoms with van der Waals surface area (Å²) in [5.74, 6) is 1.17. The molecule has 1 aromatic heterocycles. The number of carbonyl (C=O) groups is 1. The molecule has 1 saturated carbocycles. The zero-order chi connectivity index (χ0) is 23.7. The molecule has 1 aliphatic heterocycles. The number of nitrogens with one attached hydrogen (secondary N) is 1. The fourth-order valence-electron chi connectivity index (χ4n) is 3.96. The average Bonchev–Trinajstić information content (AvgIpc) is 3.35. The summed E-state index contributed by atoms with van der Waals surface area (Å²) in [6.45, 7) is 2.93. The lowest BCUT2D eigenvalue weighted by atomic mass is 10.3. The lowest BCUT2D eigenvalue weighted by Gasteiger charge is -2.16. The topological polar surface area (TPSA) is 97.2 Å².